The molecule has 2 rings (SSSR count). The minimum absolute atomic E-state index is 0.298. The second-order valence-corrected chi connectivity index (χ2v) is 4.78. The summed E-state index contributed by atoms with van der Waals surface area (Å²) in [4.78, 5) is 0. The largest absolute Gasteiger partial charge is 0.508 e. The molecule has 0 amide bonds. The number of hydrogen-bond donors (Lipinski definition) is 2. The van der Waals surface area contributed by atoms with E-state index in [1.165, 1.54) is 0 Å². The van der Waals surface area contributed by atoms with E-state index in [-0.39, 0.29) is 0 Å². The third-order valence-electron chi connectivity index (χ3n) is 3.18. The standard InChI is InChI=1S/C17H21NO3/c1-4-21-17-10-14(6-8-16(17)20-3)18-11-13-9-12(2)5-7-15(13)19/h5-10,18-19H,4,11H2,1-3H3. The summed E-state index contributed by atoms with van der Waals surface area (Å²) in [6.45, 7) is 5.07. The Labute approximate surface area is 125 Å². The van der Waals surface area contributed by atoms with Crippen LogP contribution < -0.4 is 14.8 Å². The van der Waals surface area contributed by atoms with Crippen molar-refractivity contribution in [3.05, 3.63) is 47.5 Å². The lowest BCUT2D eigenvalue weighted by Crippen LogP contribution is -2.02. The molecule has 2 N–H and O–H groups in total. The van der Waals surface area contributed by atoms with Crippen LogP contribution in [0.3, 0.4) is 0 Å². The van der Waals surface area contributed by atoms with Crippen LogP contribution in [-0.4, -0.2) is 18.8 Å². The molecule has 0 heterocycles. The number of rotatable bonds is 6. The Morgan fingerprint density at radius 1 is 1.10 bits per heavy atom. The molecule has 0 aliphatic rings. The summed E-state index contributed by atoms with van der Waals surface area (Å²) in [6.07, 6.45) is 0. The fourth-order valence-corrected chi connectivity index (χ4v) is 2.11. The molecule has 0 aliphatic heterocycles. The summed E-state index contributed by atoms with van der Waals surface area (Å²) in [5.74, 6) is 1.71. The molecule has 0 spiro atoms. The fourth-order valence-electron chi connectivity index (χ4n) is 2.11. The summed E-state index contributed by atoms with van der Waals surface area (Å²) < 4.78 is 10.8. The first-order valence-corrected chi connectivity index (χ1v) is 6.97. The number of phenols is 1. The fraction of sp³-hybridized carbons (Fsp3) is 0.294. The van der Waals surface area contributed by atoms with Gasteiger partial charge in [0.05, 0.1) is 13.7 Å². The van der Waals surface area contributed by atoms with Crippen LogP contribution in [0.25, 0.3) is 0 Å². The Morgan fingerprint density at radius 2 is 1.90 bits per heavy atom. The number of anilines is 1. The molecule has 0 saturated heterocycles. The van der Waals surface area contributed by atoms with Crippen molar-refractivity contribution in [2.45, 2.75) is 20.4 Å². The molecule has 0 atom stereocenters. The zero-order valence-corrected chi connectivity index (χ0v) is 12.6. The van der Waals surface area contributed by atoms with Crippen LogP contribution in [0.5, 0.6) is 17.2 Å². The molecule has 21 heavy (non-hydrogen) atoms. The summed E-state index contributed by atoms with van der Waals surface area (Å²) in [5, 5.41) is 13.1. The molecule has 0 bridgehead atoms. The van der Waals surface area contributed by atoms with Crippen molar-refractivity contribution in [2.24, 2.45) is 0 Å². The molecule has 0 radical (unpaired) electrons. The Morgan fingerprint density at radius 3 is 2.62 bits per heavy atom. The highest BCUT2D eigenvalue weighted by Crippen LogP contribution is 2.30. The lowest BCUT2D eigenvalue weighted by molar-refractivity contribution is 0.311. The lowest BCUT2D eigenvalue weighted by atomic mass is 10.1. The quantitative estimate of drug-likeness (QED) is 0.850. The van der Waals surface area contributed by atoms with Gasteiger partial charge in [-0.1, -0.05) is 17.7 Å². The Kier molecular flexibility index (Phi) is 4.93. The van der Waals surface area contributed by atoms with Gasteiger partial charge in [-0.3, -0.25) is 0 Å². The maximum absolute atomic E-state index is 9.85. The molecule has 0 saturated carbocycles. The monoisotopic (exact) mass is 287 g/mol. The van der Waals surface area contributed by atoms with Crippen LogP contribution in [0.2, 0.25) is 0 Å². The molecular formula is C17H21NO3. The second-order valence-electron chi connectivity index (χ2n) is 4.78. The highest BCUT2D eigenvalue weighted by atomic mass is 16.5. The number of hydrogen-bond acceptors (Lipinski definition) is 4. The van der Waals surface area contributed by atoms with E-state index in [9.17, 15) is 5.11 Å². The minimum atomic E-state index is 0.298. The van der Waals surface area contributed by atoms with E-state index in [1.54, 1.807) is 13.2 Å². The van der Waals surface area contributed by atoms with Crippen LogP contribution in [-0.2, 0) is 6.54 Å². The van der Waals surface area contributed by atoms with Gasteiger partial charge in [0.1, 0.15) is 5.75 Å². The average Bonchev–Trinajstić information content (AvgIpc) is 2.49. The zero-order valence-electron chi connectivity index (χ0n) is 12.6. The van der Waals surface area contributed by atoms with Crippen molar-refractivity contribution in [1.82, 2.24) is 0 Å². The van der Waals surface area contributed by atoms with E-state index < -0.39 is 0 Å². The van der Waals surface area contributed by atoms with Gasteiger partial charge in [-0.2, -0.15) is 0 Å². The summed E-state index contributed by atoms with van der Waals surface area (Å²) >= 11 is 0. The third-order valence-corrected chi connectivity index (χ3v) is 3.18. The van der Waals surface area contributed by atoms with E-state index in [0.29, 0.717) is 30.4 Å². The first kappa shape index (κ1) is 15.0. The van der Waals surface area contributed by atoms with E-state index in [4.69, 9.17) is 9.47 Å². The smallest absolute Gasteiger partial charge is 0.163 e. The highest BCUT2D eigenvalue weighted by molar-refractivity contribution is 5.55. The SMILES string of the molecule is CCOc1cc(NCc2cc(C)ccc2O)ccc1OC. The zero-order chi connectivity index (χ0) is 15.2. The van der Waals surface area contributed by atoms with Gasteiger partial charge in [0.15, 0.2) is 11.5 Å². The number of benzene rings is 2. The average molecular weight is 287 g/mol. The van der Waals surface area contributed by atoms with Gasteiger partial charge < -0.3 is 19.9 Å². The number of aromatic hydroxyl groups is 1. The van der Waals surface area contributed by atoms with E-state index in [0.717, 1.165) is 16.8 Å². The second kappa shape index (κ2) is 6.88. The number of ether oxygens (including phenoxy) is 2. The van der Waals surface area contributed by atoms with Crippen molar-refractivity contribution in [2.75, 3.05) is 19.0 Å². The van der Waals surface area contributed by atoms with Crippen molar-refractivity contribution < 1.29 is 14.6 Å². The molecule has 2 aromatic carbocycles. The minimum Gasteiger partial charge on any atom is -0.508 e. The first-order valence-electron chi connectivity index (χ1n) is 6.97. The predicted molar refractivity (Wildman–Crippen MR) is 84.3 cm³/mol. The topological polar surface area (TPSA) is 50.7 Å². The van der Waals surface area contributed by atoms with Crippen LogP contribution in [0, 0.1) is 6.92 Å². The summed E-state index contributed by atoms with van der Waals surface area (Å²) in [7, 11) is 1.62. The van der Waals surface area contributed by atoms with E-state index >= 15 is 0 Å². The molecule has 0 unspecified atom stereocenters. The molecule has 4 nitrogen and oxygen atoms in total. The molecule has 2 aromatic rings. The van der Waals surface area contributed by atoms with Crippen LogP contribution >= 0.6 is 0 Å². The van der Waals surface area contributed by atoms with Gasteiger partial charge in [-0.15, -0.1) is 0 Å². The molecule has 0 aromatic heterocycles. The molecule has 0 aliphatic carbocycles. The van der Waals surface area contributed by atoms with E-state index in [1.807, 2.05) is 44.2 Å². The normalized spacial score (nSPS) is 10.2. The van der Waals surface area contributed by atoms with Crippen molar-refractivity contribution in [3.8, 4) is 17.2 Å². The van der Waals surface area contributed by atoms with Gasteiger partial charge in [0, 0.05) is 23.9 Å². The third kappa shape index (κ3) is 3.81. The maximum Gasteiger partial charge on any atom is 0.163 e. The molecule has 4 heteroatoms. The Bertz CT molecular complexity index is 611. The molecular weight excluding hydrogens is 266 g/mol. The van der Waals surface area contributed by atoms with E-state index in [2.05, 4.69) is 5.32 Å². The summed E-state index contributed by atoms with van der Waals surface area (Å²) in [6, 6.07) is 11.3. The predicted octanol–water partition coefficient (Wildman–Crippen LogP) is 3.72. The van der Waals surface area contributed by atoms with Crippen molar-refractivity contribution in [1.29, 1.82) is 0 Å². The first-order chi connectivity index (χ1) is 10.1. The summed E-state index contributed by atoms with van der Waals surface area (Å²) in [5.41, 5.74) is 2.90. The Balaban J connectivity index is 2.12. The number of methoxy groups -OCH3 is 1. The lowest BCUT2D eigenvalue weighted by Gasteiger charge is -2.13. The van der Waals surface area contributed by atoms with Gasteiger partial charge in [0.2, 0.25) is 0 Å². The van der Waals surface area contributed by atoms with Gasteiger partial charge in [-0.25, -0.2) is 0 Å². The number of aryl methyl sites for hydroxylation is 1. The number of nitrogens with one attached hydrogen (secondary N) is 1. The Hall–Kier alpha value is -2.36. The van der Waals surface area contributed by atoms with Crippen molar-refractivity contribution >= 4 is 5.69 Å². The maximum atomic E-state index is 9.85. The van der Waals surface area contributed by atoms with Crippen molar-refractivity contribution in [3.63, 3.8) is 0 Å². The number of phenolic OH excluding ortho intramolecular Hbond substituents is 1. The van der Waals surface area contributed by atoms with Gasteiger partial charge in [0.25, 0.3) is 0 Å². The van der Waals surface area contributed by atoms with Crippen LogP contribution in [0.15, 0.2) is 36.4 Å². The van der Waals surface area contributed by atoms with Gasteiger partial charge >= 0.3 is 0 Å². The van der Waals surface area contributed by atoms with Gasteiger partial charge in [-0.05, 0) is 32.0 Å². The van der Waals surface area contributed by atoms with Crippen LogP contribution in [0.1, 0.15) is 18.1 Å². The highest BCUT2D eigenvalue weighted by Gasteiger charge is 2.06. The molecule has 0 fully saturated rings. The van der Waals surface area contributed by atoms with Crippen LogP contribution in [0.4, 0.5) is 5.69 Å². The molecule has 112 valence electrons.